The number of hydrogen-bond acceptors (Lipinski definition) is 3. The molecule has 102 valence electrons. The van der Waals surface area contributed by atoms with Gasteiger partial charge in [0, 0.05) is 25.6 Å². The van der Waals surface area contributed by atoms with E-state index in [1.165, 1.54) is 25.1 Å². The molecule has 0 unspecified atom stereocenters. The maximum absolute atomic E-state index is 11.7. The Bertz CT molecular complexity index is 485. The number of hydrogen-bond donors (Lipinski definition) is 3. The van der Waals surface area contributed by atoms with Gasteiger partial charge in [-0.1, -0.05) is 6.07 Å². The number of amides is 2. The molecule has 0 fully saturated rings. The highest BCUT2D eigenvalue weighted by Gasteiger charge is 2.08. The average Bonchev–Trinajstić information content (AvgIpc) is 2.37. The lowest BCUT2D eigenvalue weighted by molar-refractivity contribution is -0.118. The number of rotatable bonds is 6. The van der Waals surface area contributed by atoms with E-state index in [1.54, 1.807) is 6.07 Å². The van der Waals surface area contributed by atoms with Crippen molar-refractivity contribution in [3.05, 3.63) is 35.4 Å². The summed E-state index contributed by atoms with van der Waals surface area (Å²) in [5.74, 6) is -1.51. The van der Waals surface area contributed by atoms with Gasteiger partial charge in [0.2, 0.25) is 5.91 Å². The molecule has 0 aliphatic rings. The van der Waals surface area contributed by atoms with Crippen LogP contribution in [-0.2, 0) is 4.79 Å². The highest BCUT2D eigenvalue weighted by atomic mass is 16.4. The first-order valence-electron chi connectivity index (χ1n) is 5.86. The van der Waals surface area contributed by atoms with Crippen LogP contribution in [-0.4, -0.2) is 36.0 Å². The van der Waals surface area contributed by atoms with E-state index in [0.717, 1.165) is 0 Å². The Labute approximate surface area is 110 Å². The average molecular weight is 264 g/mol. The molecule has 1 aromatic rings. The van der Waals surface area contributed by atoms with Gasteiger partial charge in [-0.05, 0) is 24.6 Å². The summed E-state index contributed by atoms with van der Waals surface area (Å²) in [7, 11) is 0. The lowest BCUT2D eigenvalue weighted by Crippen LogP contribution is -2.28. The summed E-state index contributed by atoms with van der Waals surface area (Å²) in [6.45, 7) is 2.33. The lowest BCUT2D eigenvalue weighted by Gasteiger charge is -2.06. The van der Waals surface area contributed by atoms with E-state index in [2.05, 4.69) is 10.6 Å². The fourth-order valence-corrected chi connectivity index (χ4v) is 1.45. The minimum absolute atomic E-state index is 0.0749. The van der Waals surface area contributed by atoms with Gasteiger partial charge in [-0.25, -0.2) is 4.79 Å². The molecule has 6 nitrogen and oxygen atoms in total. The predicted molar refractivity (Wildman–Crippen MR) is 69.0 cm³/mol. The Hall–Kier alpha value is -2.37. The zero-order chi connectivity index (χ0) is 14.3. The zero-order valence-electron chi connectivity index (χ0n) is 10.6. The number of nitrogens with one attached hydrogen (secondary N) is 2. The minimum atomic E-state index is -1.07. The van der Waals surface area contributed by atoms with Crippen molar-refractivity contribution < 1.29 is 19.5 Å². The quantitative estimate of drug-likeness (QED) is 0.657. The molecule has 19 heavy (non-hydrogen) atoms. The highest BCUT2D eigenvalue weighted by Crippen LogP contribution is 2.05. The number of carboxylic acid groups (broad SMARTS) is 1. The number of carbonyl (C=O) groups is 3. The van der Waals surface area contributed by atoms with Crippen molar-refractivity contribution >= 4 is 17.8 Å². The molecule has 6 heteroatoms. The van der Waals surface area contributed by atoms with Crippen LogP contribution >= 0.6 is 0 Å². The zero-order valence-corrected chi connectivity index (χ0v) is 10.6. The van der Waals surface area contributed by atoms with Gasteiger partial charge >= 0.3 is 5.97 Å². The fraction of sp³-hybridized carbons (Fsp3) is 0.308. The minimum Gasteiger partial charge on any atom is -0.478 e. The molecule has 0 saturated carbocycles. The fourth-order valence-electron chi connectivity index (χ4n) is 1.45. The Morgan fingerprint density at radius 1 is 1.11 bits per heavy atom. The Kier molecular flexibility index (Phi) is 5.53. The van der Waals surface area contributed by atoms with Crippen molar-refractivity contribution in [1.29, 1.82) is 0 Å². The molecule has 0 saturated heterocycles. The number of carboxylic acids is 1. The van der Waals surface area contributed by atoms with E-state index in [-0.39, 0.29) is 17.4 Å². The molecular formula is C13H16N2O4. The maximum atomic E-state index is 11.7. The van der Waals surface area contributed by atoms with Crippen molar-refractivity contribution in [3.63, 3.8) is 0 Å². The number of aromatic carboxylic acids is 1. The summed E-state index contributed by atoms with van der Waals surface area (Å²) in [4.78, 5) is 33.1. The molecule has 0 radical (unpaired) electrons. The van der Waals surface area contributed by atoms with Crippen LogP contribution in [0.4, 0.5) is 0 Å². The van der Waals surface area contributed by atoms with Gasteiger partial charge < -0.3 is 15.7 Å². The first kappa shape index (κ1) is 14.7. The molecule has 0 atom stereocenters. The van der Waals surface area contributed by atoms with Gasteiger partial charge in [-0.15, -0.1) is 0 Å². The first-order chi connectivity index (χ1) is 9.00. The summed E-state index contributed by atoms with van der Waals surface area (Å²) in [5, 5.41) is 14.1. The van der Waals surface area contributed by atoms with Gasteiger partial charge in [0.15, 0.2) is 0 Å². The van der Waals surface area contributed by atoms with Gasteiger partial charge in [-0.2, -0.15) is 0 Å². The van der Waals surface area contributed by atoms with E-state index in [0.29, 0.717) is 25.1 Å². The van der Waals surface area contributed by atoms with E-state index in [9.17, 15) is 14.4 Å². The van der Waals surface area contributed by atoms with E-state index in [1.807, 2.05) is 0 Å². The second-order valence-electron chi connectivity index (χ2n) is 3.98. The molecule has 0 spiro atoms. The van der Waals surface area contributed by atoms with Crippen LogP contribution in [0.15, 0.2) is 24.3 Å². The van der Waals surface area contributed by atoms with Gasteiger partial charge in [0.25, 0.3) is 5.91 Å². The molecular weight excluding hydrogens is 248 g/mol. The SMILES string of the molecule is CC(=O)NCCCNC(=O)c1cccc(C(=O)O)c1. The van der Waals surface area contributed by atoms with Crippen molar-refractivity contribution in [2.75, 3.05) is 13.1 Å². The van der Waals surface area contributed by atoms with Crippen molar-refractivity contribution in [1.82, 2.24) is 10.6 Å². The van der Waals surface area contributed by atoms with Crippen LogP contribution in [0.1, 0.15) is 34.1 Å². The van der Waals surface area contributed by atoms with E-state index < -0.39 is 5.97 Å². The van der Waals surface area contributed by atoms with Crippen LogP contribution in [0.3, 0.4) is 0 Å². The molecule has 0 heterocycles. The summed E-state index contributed by atoms with van der Waals surface area (Å²) in [6.07, 6.45) is 0.615. The Morgan fingerprint density at radius 2 is 1.74 bits per heavy atom. The molecule has 2 amide bonds. The smallest absolute Gasteiger partial charge is 0.335 e. The molecule has 1 aromatic carbocycles. The Morgan fingerprint density at radius 3 is 2.37 bits per heavy atom. The van der Waals surface area contributed by atoms with Crippen LogP contribution in [0.2, 0.25) is 0 Å². The van der Waals surface area contributed by atoms with Crippen LogP contribution in [0, 0.1) is 0 Å². The molecule has 1 rings (SSSR count). The molecule has 3 N–H and O–H groups in total. The summed E-state index contributed by atoms with van der Waals surface area (Å²) < 4.78 is 0. The van der Waals surface area contributed by atoms with Crippen LogP contribution < -0.4 is 10.6 Å². The van der Waals surface area contributed by atoms with E-state index in [4.69, 9.17) is 5.11 Å². The third kappa shape index (κ3) is 5.20. The standard InChI is InChI=1S/C13H16N2O4/c1-9(16)14-6-3-7-15-12(17)10-4-2-5-11(8-10)13(18)19/h2,4-5,8H,3,6-7H2,1H3,(H,14,16)(H,15,17)(H,18,19). The van der Waals surface area contributed by atoms with Crippen molar-refractivity contribution in [2.45, 2.75) is 13.3 Å². The van der Waals surface area contributed by atoms with Gasteiger partial charge in [-0.3, -0.25) is 9.59 Å². The monoisotopic (exact) mass is 264 g/mol. The second kappa shape index (κ2) is 7.15. The third-order valence-corrected chi connectivity index (χ3v) is 2.38. The molecule has 0 aromatic heterocycles. The lowest BCUT2D eigenvalue weighted by atomic mass is 10.1. The normalized spacial score (nSPS) is 9.74. The summed E-state index contributed by atoms with van der Waals surface area (Å²) in [6, 6.07) is 5.83. The van der Waals surface area contributed by atoms with Crippen molar-refractivity contribution in [2.24, 2.45) is 0 Å². The summed E-state index contributed by atoms with van der Waals surface area (Å²) in [5.41, 5.74) is 0.380. The Balaban J connectivity index is 2.43. The van der Waals surface area contributed by atoms with E-state index >= 15 is 0 Å². The molecule has 0 bridgehead atoms. The molecule has 0 aliphatic heterocycles. The summed E-state index contributed by atoms with van der Waals surface area (Å²) >= 11 is 0. The third-order valence-electron chi connectivity index (χ3n) is 2.38. The molecule has 0 aliphatic carbocycles. The first-order valence-corrected chi connectivity index (χ1v) is 5.86. The van der Waals surface area contributed by atoms with Crippen molar-refractivity contribution in [3.8, 4) is 0 Å². The number of carbonyl (C=O) groups excluding carboxylic acids is 2. The van der Waals surface area contributed by atoms with Crippen LogP contribution in [0.5, 0.6) is 0 Å². The predicted octanol–water partition coefficient (Wildman–Crippen LogP) is 0.641. The second-order valence-corrected chi connectivity index (χ2v) is 3.98. The van der Waals surface area contributed by atoms with Crippen LogP contribution in [0.25, 0.3) is 0 Å². The highest BCUT2D eigenvalue weighted by molar-refractivity contribution is 5.97. The van der Waals surface area contributed by atoms with Gasteiger partial charge in [0.1, 0.15) is 0 Å². The van der Waals surface area contributed by atoms with Gasteiger partial charge in [0.05, 0.1) is 5.56 Å². The topological polar surface area (TPSA) is 95.5 Å². The largest absolute Gasteiger partial charge is 0.478 e. The maximum Gasteiger partial charge on any atom is 0.335 e. The number of benzene rings is 1.